The number of anilines is 2. The summed E-state index contributed by atoms with van der Waals surface area (Å²) in [4.78, 5) is 28.5. The lowest BCUT2D eigenvalue weighted by molar-refractivity contribution is -0.120. The second kappa shape index (κ2) is 8.82. The molecule has 0 aliphatic carbocycles. The van der Waals surface area contributed by atoms with Gasteiger partial charge in [0.05, 0.1) is 25.5 Å². The Balaban J connectivity index is 1.87. The number of imide groups is 1. The zero-order chi connectivity index (χ0) is 23.7. The maximum Gasteiger partial charge on any atom is 0.282 e. The van der Waals surface area contributed by atoms with Crippen LogP contribution in [0.4, 0.5) is 11.4 Å². The number of hydrogen-bond acceptors (Lipinski definition) is 5. The van der Waals surface area contributed by atoms with E-state index < -0.39 is 5.91 Å². The fraction of sp³-hybridized carbons (Fsp3) is 0.185. The van der Waals surface area contributed by atoms with Gasteiger partial charge in [0.15, 0.2) is 0 Å². The Labute approximate surface area is 193 Å². The monoisotopic (exact) mass is 442 g/mol. The van der Waals surface area contributed by atoms with E-state index in [1.165, 1.54) is 4.90 Å². The summed E-state index contributed by atoms with van der Waals surface area (Å²) in [5, 5.41) is 3.18. The second-order valence-electron chi connectivity index (χ2n) is 8.01. The SMILES string of the molecule is COc1cc(NC2=C(c3ccc(C)c(C)c3)C(=O)N(c3ccccc3C)C2=O)cc(OC)c1. The zero-order valence-corrected chi connectivity index (χ0v) is 19.4. The van der Waals surface area contributed by atoms with E-state index in [4.69, 9.17) is 9.47 Å². The van der Waals surface area contributed by atoms with Crippen molar-refractivity contribution >= 4 is 28.8 Å². The van der Waals surface area contributed by atoms with E-state index in [9.17, 15) is 9.59 Å². The lowest BCUT2D eigenvalue weighted by Crippen LogP contribution is -2.33. The van der Waals surface area contributed by atoms with Crippen molar-refractivity contribution in [1.82, 2.24) is 0 Å². The van der Waals surface area contributed by atoms with Crippen molar-refractivity contribution in [2.75, 3.05) is 24.4 Å². The molecule has 168 valence electrons. The molecule has 4 rings (SSSR count). The molecule has 2 amide bonds. The number of nitrogens with zero attached hydrogens (tertiary/aromatic N) is 1. The van der Waals surface area contributed by atoms with E-state index in [1.54, 1.807) is 38.5 Å². The van der Waals surface area contributed by atoms with Gasteiger partial charge in [-0.1, -0.05) is 36.4 Å². The van der Waals surface area contributed by atoms with Crippen molar-refractivity contribution in [2.24, 2.45) is 0 Å². The molecule has 0 fully saturated rings. The third kappa shape index (κ3) is 4.07. The van der Waals surface area contributed by atoms with E-state index in [0.717, 1.165) is 16.7 Å². The van der Waals surface area contributed by atoms with Crippen LogP contribution < -0.4 is 19.7 Å². The van der Waals surface area contributed by atoms with Crippen molar-refractivity contribution in [1.29, 1.82) is 0 Å². The summed E-state index contributed by atoms with van der Waals surface area (Å²) in [7, 11) is 3.12. The molecule has 3 aromatic rings. The van der Waals surface area contributed by atoms with Gasteiger partial charge in [0.2, 0.25) is 0 Å². The molecule has 1 N–H and O–H groups in total. The summed E-state index contributed by atoms with van der Waals surface area (Å²) in [5.74, 6) is 0.356. The number of ether oxygens (including phenoxy) is 2. The summed E-state index contributed by atoms with van der Waals surface area (Å²) < 4.78 is 10.7. The molecule has 0 spiro atoms. The minimum Gasteiger partial charge on any atom is -0.497 e. The Hall–Kier alpha value is -4.06. The Morgan fingerprint density at radius 2 is 1.39 bits per heavy atom. The van der Waals surface area contributed by atoms with Crippen molar-refractivity contribution < 1.29 is 19.1 Å². The van der Waals surface area contributed by atoms with E-state index in [-0.39, 0.29) is 11.6 Å². The number of aryl methyl sites for hydroxylation is 3. The molecule has 0 saturated heterocycles. The first kappa shape index (κ1) is 22.1. The highest BCUT2D eigenvalue weighted by molar-refractivity contribution is 6.46. The van der Waals surface area contributed by atoms with Crippen LogP contribution in [0.25, 0.3) is 5.57 Å². The molecule has 0 saturated carbocycles. The first-order valence-corrected chi connectivity index (χ1v) is 10.6. The Morgan fingerprint density at radius 1 is 0.727 bits per heavy atom. The highest BCUT2D eigenvalue weighted by Crippen LogP contribution is 2.36. The van der Waals surface area contributed by atoms with Crippen molar-refractivity contribution in [3.63, 3.8) is 0 Å². The molecule has 33 heavy (non-hydrogen) atoms. The number of methoxy groups -OCH3 is 2. The third-order valence-electron chi connectivity index (χ3n) is 5.86. The second-order valence-corrected chi connectivity index (χ2v) is 8.01. The fourth-order valence-electron chi connectivity index (χ4n) is 3.87. The smallest absolute Gasteiger partial charge is 0.282 e. The number of carbonyl (C=O) groups excluding carboxylic acids is 2. The van der Waals surface area contributed by atoms with E-state index in [1.807, 2.05) is 57.2 Å². The molecule has 0 aromatic heterocycles. The summed E-state index contributed by atoms with van der Waals surface area (Å²) >= 11 is 0. The molecule has 0 radical (unpaired) electrons. The molecule has 6 heteroatoms. The first-order valence-electron chi connectivity index (χ1n) is 10.6. The predicted molar refractivity (Wildman–Crippen MR) is 130 cm³/mol. The van der Waals surface area contributed by atoms with Gasteiger partial charge in [0.1, 0.15) is 17.2 Å². The molecule has 1 aliphatic rings. The van der Waals surface area contributed by atoms with Gasteiger partial charge in [-0.2, -0.15) is 0 Å². The highest BCUT2D eigenvalue weighted by Gasteiger charge is 2.40. The highest BCUT2D eigenvalue weighted by atomic mass is 16.5. The molecule has 0 bridgehead atoms. The number of nitrogens with one attached hydrogen (secondary N) is 1. The summed E-state index contributed by atoms with van der Waals surface area (Å²) in [6.07, 6.45) is 0. The first-order chi connectivity index (χ1) is 15.8. The van der Waals surface area contributed by atoms with Crippen LogP contribution in [-0.4, -0.2) is 26.0 Å². The van der Waals surface area contributed by atoms with Crippen molar-refractivity contribution in [2.45, 2.75) is 20.8 Å². The van der Waals surface area contributed by atoms with Crippen LogP contribution in [-0.2, 0) is 9.59 Å². The number of rotatable bonds is 6. The molecule has 1 heterocycles. The maximum atomic E-state index is 13.7. The summed E-state index contributed by atoms with van der Waals surface area (Å²) in [5.41, 5.74) is 5.35. The quantitative estimate of drug-likeness (QED) is 0.543. The Bertz CT molecular complexity index is 1270. The topological polar surface area (TPSA) is 67.9 Å². The zero-order valence-electron chi connectivity index (χ0n) is 19.4. The summed E-state index contributed by atoms with van der Waals surface area (Å²) in [6, 6.07) is 18.4. The van der Waals surface area contributed by atoms with Crippen LogP contribution in [0.3, 0.4) is 0 Å². The number of amides is 2. The van der Waals surface area contributed by atoms with Crippen LogP contribution in [0.15, 0.2) is 66.4 Å². The Kier molecular flexibility index (Phi) is 5.92. The largest absolute Gasteiger partial charge is 0.497 e. The van der Waals surface area contributed by atoms with Gasteiger partial charge in [-0.05, 0) is 49.1 Å². The molecule has 6 nitrogen and oxygen atoms in total. The lowest BCUT2D eigenvalue weighted by atomic mass is 9.99. The fourth-order valence-corrected chi connectivity index (χ4v) is 3.87. The van der Waals surface area contributed by atoms with Gasteiger partial charge < -0.3 is 14.8 Å². The number of carbonyl (C=O) groups is 2. The van der Waals surface area contributed by atoms with Gasteiger partial charge in [-0.15, -0.1) is 0 Å². The maximum absolute atomic E-state index is 13.7. The minimum absolute atomic E-state index is 0.210. The van der Waals surface area contributed by atoms with Gasteiger partial charge >= 0.3 is 0 Å². The van der Waals surface area contributed by atoms with Gasteiger partial charge in [0.25, 0.3) is 11.8 Å². The van der Waals surface area contributed by atoms with E-state index in [2.05, 4.69) is 5.32 Å². The predicted octanol–water partition coefficient (Wildman–Crippen LogP) is 5.03. The average Bonchev–Trinajstić information content (AvgIpc) is 3.05. The standard InChI is InChI=1S/C27H26N2O4/c1-16-10-11-19(12-18(16)3)24-25(28-20-13-21(32-4)15-22(14-20)33-5)27(31)29(26(24)30)23-9-7-6-8-17(23)2/h6-15,28H,1-5H3. The number of benzene rings is 3. The average molecular weight is 443 g/mol. The Morgan fingerprint density at radius 3 is 2.00 bits per heavy atom. The molecule has 0 unspecified atom stereocenters. The molecule has 0 atom stereocenters. The number of para-hydroxylation sites is 1. The normalized spacial score (nSPS) is 13.5. The minimum atomic E-state index is -0.413. The van der Waals surface area contributed by atoms with Crippen LogP contribution in [0, 0.1) is 20.8 Å². The van der Waals surface area contributed by atoms with Crippen LogP contribution in [0.1, 0.15) is 22.3 Å². The van der Waals surface area contributed by atoms with Gasteiger partial charge in [0, 0.05) is 23.9 Å². The molecular weight excluding hydrogens is 416 g/mol. The number of hydrogen-bond donors (Lipinski definition) is 1. The van der Waals surface area contributed by atoms with Gasteiger partial charge in [-0.25, -0.2) is 4.90 Å². The third-order valence-corrected chi connectivity index (χ3v) is 5.86. The van der Waals surface area contributed by atoms with Crippen LogP contribution in [0.5, 0.6) is 11.5 Å². The lowest BCUT2D eigenvalue weighted by Gasteiger charge is -2.18. The van der Waals surface area contributed by atoms with E-state index in [0.29, 0.717) is 34.0 Å². The van der Waals surface area contributed by atoms with Crippen molar-refractivity contribution in [3.05, 3.63) is 88.6 Å². The summed E-state index contributed by atoms with van der Waals surface area (Å²) in [6.45, 7) is 5.88. The van der Waals surface area contributed by atoms with Crippen LogP contribution >= 0.6 is 0 Å². The molecule has 3 aromatic carbocycles. The van der Waals surface area contributed by atoms with Gasteiger partial charge in [-0.3, -0.25) is 9.59 Å². The van der Waals surface area contributed by atoms with Crippen LogP contribution in [0.2, 0.25) is 0 Å². The molecular formula is C27H26N2O4. The van der Waals surface area contributed by atoms with Crippen molar-refractivity contribution in [3.8, 4) is 11.5 Å². The molecule has 1 aliphatic heterocycles. The van der Waals surface area contributed by atoms with E-state index >= 15 is 0 Å².